The van der Waals surface area contributed by atoms with E-state index in [1.54, 1.807) is 12.1 Å². The summed E-state index contributed by atoms with van der Waals surface area (Å²) in [5.41, 5.74) is 0.526. The number of sulfonamides is 1. The van der Waals surface area contributed by atoms with Crippen molar-refractivity contribution in [2.24, 2.45) is 0 Å². The maximum atomic E-state index is 12.3. The van der Waals surface area contributed by atoms with E-state index in [1.165, 1.54) is 48.0 Å². The van der Waals surface area contributed by atoms with Crippen LogP contribution >= 0.6 is 0 Å². The van der Waals surface area contributed by atoms with Crippen LogP contribution in [0.3, 0.4) is 0 Å². The standard InChI is InChI=1S/C12H12N2O3S/c1-14(10-6-8-13-9-7-10)18(16,17)12-4-2-11(15)3-5-12/h2-9,15H,1H3. The zero-order valence-corrected chi connectivity index (χ0v) is 10.5. The van der Waals surface area contributed by atoms with E-state index in [0.29, 0.717) is 5.69 Å². The summed E-state index contributed by atoms with van der Waals surface area (Å²) >= 11 is 0. The minimum atomic E-state index is -3.61. The molecule has 0 unspecified atom stereocenters. The molecule has 0 aliphatic carbocycles. The molecule has 6 heteroatoms. The molecule has 0 aliphatic rings. The summed E-state index contributed by atoms with van der Waals surface area (Å²) in [7, 11) is -2.14. The third kappa shape index (κ3) is 2.28. The van der Waals surface area contributed by atoms with Gasteiger partial charge in [0.25, 0.3) is 10.0 Å². The second-order valence-electron chi connectivity index (χ2n) is 3.67. The van der Waals surface area contributed by atoms with Gasteiger partial charge in [-0.15, -0.1) is 0 Å². The Morgan fingerprint density at radius 2 is 1.61 bits per heavy atom. The highest BCUT2D eigenvalue weighted by Gasteiger charge is 2.20. The largest absolute Gasteiger partial charge is 0.508 e. The van der Waals surface area contributed by atoms with Gasteiger partial charge in [-0.1, -0.05) is 0 Å². The minimum absolute atomic E-state index is 0.0283. The molecule has 2 aromatic rings. The Kier molecular flexibility index (Phi) is 3.20. The number of hydrogen-bond donors (Lipinski definition) is 1. The molecule has 0 atom stereocenters. The van der Waals surface area contributed by atoms with Gasteiger partial charge in [0.2, 0.25) is 0 Å². The summed E-state index contributed by atoms with van der Waals surface area (Å²) in [6.07, 6.45) is 3.05. The first-order valence-corrected chi connectivity index (χ1v) is 6.64. The van der Waals surface area contributed by atoms with Gasteiger partial charge in [-0.3, -0.25) is 9.29 Å². The van der Waals surface area contributed by atoms with Gasteiger partial charge in [0.05, 0.1) is 10.6 Å². The number of nitrogens with zero attached hydrogens (tertiary/aromatic N) is 2. The molecule has 0 aliphatic heterocycles. The van der Waals surface area contributed by atoms with Gasteiger partial charge in [0.1, 0.15) is 5.75 Å². The number of hydrogen-bond acceptors (Lipinski definition) is 4. The van der Waals surface area contributed by atoms with Gasteiger partial charge in [-0.2, -0.15) is 0 Å². The topological polar surface area (TPSA) is 70.5 Å². The van der Waals surface area contributed by atoms with Crippen molar-refractivity contribution < 1.29 is 13.5 Å². The lowest BCUT2D eigenvalue weighted by Crippen LogP contribution is -2.26. The molecule has 94 valence electrons. The number of pyridine rings is 1. The molecule has 1 N–H and O–H groups in total. The summed E-state index contributed by atoms with van der Waals surface area (Å²) in [5, 5.41) is 9.16. The lowest BCUT2D eigenvalue weighted by Gasteiger charge is -2.19. The fourth-order valence-corrected chi connectivity index (χ4v) is 2.66. The molecule has 1 aromatic carbocycles. The van der Waals surface area contributed by atoms with E-state index in [1.807, 2.05) is 0 Å². The SMILES string of the molecule is CN(c1ccncc1)S(=O)(=O)c1ccc(O)cc1. The summed E-state index contributed by atoms with van der Waals surface area (Å²) in [5.74, 6) is 0.0283. The van der Waals surface area contributed by atoms with Crippen LogP contribution in [-0.2, 0) is 10.0 Å². The van der Waals surface area contributed by atoms with E-state index < -0.39 is 10.0 Å². The van der Waals surface area contributed by atoms with Crippen molar-refractivity contribution in [3.05, 3.63) is 48.8 Å². The Morgan fingerprint density at radius 1 is 1.06 bits per heavy atom. The molecule has 0 saturated heterocycles. The Morgan fingerprint density at radius 3 is 2.17 bits per heavy atom. The molecule has 0 spiro atoms. The highest BCUT2D eigenvalue weighted by Crippen LogP contribution is 2.22. The number of benzene rings is 1. The number of phenolic OH excluding ortho intramolecular Hbond substituents is 1. The maximum Gasteiger partial charge on any atom is 0.264 e. The quantitative estimate of drug-likeness (QED) is 0.914. The predicted octanol–water partition coefficient (Wildman–Crippen LogP) is 1.61. The minimum Gasteiger partial charge on any atom is -0.508 e. The Hall–Kier alpha value is -2.08. The molecule has 0 saturated carbocycles. The van der Waals surface area contributed by atoms with E-state index >= 15 is 0 Å². The molecule has 18 heavy (non-hydrogen) atoms. The zero-order valence-electron chi connectivity index (χ0n) is 9.69. The second-order valence-corrected chi connectivity index (χ2v) is 5.64. The monoisotopic (exact) mass is 264 g/mol. The van der Waals surface area contributed by atoms with Gasteiger partial charge in [-0.05, 0) is 36.4 Å². The molecular weight excluding hydrogens is 252 g/mol. The Bertz CT molecular complexity index is 624. The lowest BCUT2D eigenvalue weighted by atomic mass is 10.3. The van der Waals surface area contributed by atoms with Crippen LogP contribution in [0.2, 0.25) is 0 Å². The number of rotatable bonds is 3. The van der Waals surface area contributed by atoms with Gasteiger partial charge in [0, 0.05) is 19.4 Å². The van der Waals surface area contributed by atoms with Crippen LogP contribution in [0.25, 0.3) is 0 Å². The van der Waals surface area contributed by atoms with Crippen molar-refractivity contribution in [3.63, 3.8) is 0 Å². The molecule has 0 radical (unpaired) electrons. The van der Waals surface area contributed by atoms with Crippen molar-refractivity contribution in [3.8, 4) is 5.75 Å². The molecule has 0 amide bonds. The van der Waals surface area contributed by atoms with E-state index in [4.69, 9.17) is 5.11 Å². The smallest absolute Gasteiger partial charge is 0.264 e. The highest BCUT2D eigenvalue weighted by molar-refractivity contribution is 7.92. The Balaban J connectivity index is 2.40. The second kappa shape index (κ2) is 4.66. The molecular formula is C12H12N2O3S. The first kappa shape index (κ1) is 12.4. The van der Waals surface area contributed by atoms with Crippen molar-refractivity contribution >= 4 is 15.7 Å². The maximum absolute atomic E-state index is 12.3. The lowest BCUT2D eigenvalue weighted by molar-refractivity contribution is 0.475. The van der Waals surface area contributed by atoms with Crippen molar-refractivity contribution in [2.75, 3.05) is 11.4 Å². The van der Waals surface area contributed by atoms with Crippen molar-refractivity contribution in [1.29, 1.82) is 0 Å². The van der Waals surface area contributed by atoms with Crippen LogP contribution in [0.1, 0.15) is 0 Å². The normalized spacial score (nSPS) is 11.2. The van der Waals surface area contributed by atoms with Gasteiger partial charge < -0.3 is 5.11 Å². The summed E-state index contributed by atoms with van der Waals surface area (Å²) < 4.78 is 25.7. The van der Waals surface area contributed by atoms with Crippen molar-refractivity contribution in [2.45, 2.75) is 4.90 Å². The number of aromatic hydroxyl groups is 1. The molecule has 5 nitrogen and oxygen atoms in total. The number of anilines is 1. The third-order valence-corrected chi connectivity index (χ3v) is 4.32. The molecule has 0 fully saturated rings. The summed E-state index contributed by atoms with van der Waals surface area (Å²) in [6.45, 7) is 0. The van der Waals surface area contributed by atoms with E-state index in [-0.39, 0.29) is 10.6 Å². The average molecular weight is 264 g/mol. The van der Waals surface area contributed by atoms with Gasteiger partial charge in [-0.25, -0.2) is 8.42 Å². The molecule has 2 rings (SSSR count). The van der Waals surface area contributed by atoms with Crippen LogP contribution in [0.4, 0.5) is 5.69 Å². The number of aromatic nitrogens is 1. The predicted molar refractivity (Wildman–Crippen MR) is 67.9 cm³/mol. The molecule has 1 aromatic heterocycles. The first-order chi connectivity index (χ1) is 8.51. The van der Waals surface area contributed by atoms with E-state index in [2.05, 4.69) is 4.98 Å². The summed E-state index contributed by atoms with van der Waals surface area (Å²) in [6, 6.07) is 8.63. The number of phenols is 1. The van der Waals surface area contributed by atoms with Crippen LogP contribution in [0.15, 0.2) is 53.7 Å². The average Bonchev–Trinajstić information content (AvgIpc) is 2.39. The summed E-state index contributed by atoms with van der Waals surface area (Å²) in [4.78, 5) is 3.96. The fraction of sp³-hybridized carbons (Fsp3) is 0.0833. The fourth-order valence-electron chi connectivity index (χ4n) is 1.47. The van der Waals surface area contributed by atoms with Crippen LogP contribution < -0.4 is 4.31 Å². The molecule has 0 bridgehead atoms. The van der Waals surface area contributed by atoms with Crippen LogP contribution in [0, 0.1) is 0 Å². The van der Waals surface area contributed by atoms with E-state index in [0.717, 1.165) is 0 Å². The Labute approximate surface area is 105 Å². The van der Waals surface area contributed by atoms with Crippen molar-refractivity contribution in [1.82, 2.24) is 4.98 Å². The third-order valence-electron chi connectivity index (χ3n) is 2.52. The highest BCUT2D eigenvalue weighted by atomic mass is 32.2. The zero-order chi connectivity index (χ0) is 13.2. The molecule has 1 heterocycles. The first-order valence-electron chi connectivity index (χ1n) is 5.20. The van der Waals surface area contributed by atoms with Gasteiger partial charge >= 0.3 is 0 Å². The van der Waals surface area contributed by atoms with Crippen LogP contribution in [0.5, 0.6) is 5.75 Å². The van der Waals surface area contributed by atoms with Crippen LogP contribution in [-0.4, -0.2) is 25.6 Å². The van der Waals surface area contributed by atoms with E-state index in [9.17, 15) is 8.42 Å². The van der Waals surface area contributed by atoms with Gasteiger partial charge in [0.15, 0.2) is 0 Å².